The summed E-state index contributed by atoms with van der Waals surface area (Å²) in [5, 5.41) is 11.4. The van der Waals surface area contributed by atoms with Gasteiger partial charge in [-0.25, -0.2) is 9.79 Å². The Hall–Kier alpha value is -4.18. The van der Waals surface area contributed by atoms with Crippen LogP contribution in [-0.4, -0.2) is 40.5 Å². The summed E-state index contributed by atoms with van der Waals surface area (Å²) in [6.45, 7) is 2.30. The zero-order valence-electron chi connectivity index (χ0n) is 18.3. The molecular weight excluding hydrogens is 458 g/mol. The SMILES string of the molecule is CCN1C(=O)/C(=C\c2ccc(-c3ccc([N+](=O)[O-])cc3)o2)SC1=Nc1ccc(C(=O)OC)cc1. The Morgan fingerprint density at radius 3 is 2.47 bits per heavy atom. The lowest BCUT2D eigenvalue weighted by molar-refractivity contribution is -0.384. The first-order chi connectivity index (χ1) is 16.4. The molecular formula is C24H19N3O6S. The predicted octanol–water partition coefficient (Wildman–Crippen LogP) is 5.27. The fourth-order valence-electron chi connectivity index (χ4n) is 3.23. The molecule has 34 heavy (non-hydrogen) atoms. The van der Waals surface area contributed by atoms with E-state index in [9.17, 15) is 19.7 Å². The van der Waals surface area contributed by atoms with Crippen molar-refractivity contribution in [3.8, 4) is 11.3 Å². The molecule has 2 heterocycles. The molecule has 3 aromatic rings. The molecule has 0 spiro atoms. The Balaban J connectivity index is 1.55. The molecule has 0 radical (unpaired) electrons. The molecule has 0 atom stereocenters. The summed E-state index contributed by atoms with van der Waals surface area (Å²) in [5.74, 6) is 0.385. The van der Waals surface area contributed by atoms with E-state index in [4.69, 9.17) is 9.15 Å². The average Bonchev–Trinajstić information content (AvgIpc) is 3.43. The van der Waals surface area contributed by atoms with E-state index in [0.717, 1.165) is 0 Å². The molecule has 1 aliphatic heterocycles. The van der Waals surface area contributed by atoms with E-state index < -0.39 is 10.9 Å². The van der Waals surface area contributed by atoms with Crippen LogP contribution < -0.4 is 0 Å². The first kappa shape index (κ1) is 23.0. The standard InChI is InChI=1S/C24H19N3O6S/c1-3-26-22(28)21(34-24(26)25-17-8-4-16(5-9-17)23(29)32-2)14-19-12-13-20(33-19)15-6-10-18(11-7-15)27(30)31/h4-14H,3H2,1-2H3/b21-14+,25-24?. The number of amidine groups is 1. The largest absolute Gasteiger partial charge is 0.465 e. The molecule has 1 amide bonds. The number of carbonyl (C=O) groups is 2. The Morgan fingerprint density at radius 1 is 1.15 bits per heavy atom. The first-order valence-corrected chi connectivity index (χ1v) is 11.0. The highest BCUT2D eigenvalue weighted by Crippen LogP contribution is 2.35. The minimum absolute atomic E-state index is 0.00277. The minimum Gasteiger partial charge on any atom is -0.465 e. The van der Waals surface area contributed by atoms with Crippen molar-refractivity contribution >= 4 is 46.3 Å². The van der Waals surface area contributed by atoms with Gasteiger partial charge in [-0.1, -0.05) is 0 Å². The number of aliphatic imine (C=N–C) groups is 1. The number of ether oxygens (including phenoxy) is 1. The lowest BCUT2D eigenvalue weighted by atomic mass is 10.1. The molecule has 0 bridgehead atoms. The monoisotopic (exact) mass is 477 g/mol. The quantitative estimate of drug-likeness (QED) is 0.206. The summed E-state index contributed by atoms with van der Waals surface area (Å²) < 4.78 is 10.5. The molecule has 172 valence electrons. The number of esters is 1. The van der Waals surface area contributed by atoms with Crippen LogP contribution in [0.1, 0.15) is 23.0 Å². The molecule has 10 heteroatoms. The summed E-state index contributed by atoms with van der Waals surface area (Å²) in [6.07, 6.45) is 1.65. The van der Waals surface area contributed by atoms with E-state index in [1.165, 1.54) is 31.0 Å². The van der Waals surface area contributed by atoms with E-state index in [2.05, 4.69) is 4.99 Å². The van der Waals surface area contributed by atoms with Gasteiger partial charge in [-0.2, -0.15) is 0 Å². The van der Waals surface area contributed by atoms with Gasteiger partial charge >= 0.3 is 5.97 Å². The molecule has 2 aromatic carbocycles. The van der Waals surface area contributed by atoms with Crippen LogP contribution in [0.2, 0.25) is 0 Å². The van der Waals surface area contributed by atoms with Gasteiger partial charge in [-0.15, -0.1) is 0 Å². The average molecular weight is 477 g/mol. The number of amides is 1. The number of nitro groups is 1. The second-order valence-corrected chi connectivity index (χ2v) is 8.11. The van der Waals surface area contributed by atoms with Crippen molar-refractivity contribution in [1.29, 1.82) is 0 Å². The number of benzene rings is 2. The number of hydrogen-bond donors (Lipinski definition) is 0. The Bertz CT molecular complexity index is 1310. The van der Waals surface area contributed by atoms with Crippen LogP contribution in [0.25, 0.3) is 17.4 Å². The summed E-state index contributed by atoms with van der Waals surface area (Å²) in [7, 11) is 1.32. The Morgan fingerprint density at radius 2 is 1.85 bits per heavy atom. The third-order valence-electron chi connectivity index (χ3n) is 4.98. The lowest BCUT2D eigenvalue weighted by Crippen LogP contribution is -2.28. The topological polar surface area (TPSA) is 115 Å². The van der Waals surface area contributed by atoms with Crippen LogP contribution in [0.5, 0.6) is 0 Å². The normalized spacial score (nSPS) is 15.8. The molecule has 4 rings (SSSR count). The van der Waals surface area contributed by atoms with Crippen molar-refractivity contribution in [1.82, 2.24) is 4.90 Å². The zero-order chi connectivity index (χ0) is 24.2. The third kappa shape index (κ3) is 4.76. The molecule has 1 aliphatic rings. The minimum atomic E-state index is -0.462. The maximum atomic E-state index is 12.9. The highest BCUT2D eigenvalue weighted by Gasteiger charge is 2.32. The van der Waals surface area contributed by atoms with E-state index in [1.807, 2.05) is 6.92 Å². The van der Waals surface area contributed by atoms with Gasteiger partial charge in [0.25, 0.3) is 11.6 Å². The summed E-state index contributed by atoms with van der Waals surface area (Å²) in [5.41, 5.74) is 1.70. The van der Waals surface area contributed by atoms with Crippen LogP contribution in [0.15, 0.2) is 75.0 Å². The summed E-state index contributed by atoms with van der Waals surface area (Å²) >= 11 is 1.23. The van der Waals surface area contributed by atoms with Gasteiger partial charge in [-0.05, 0) is 67.2 Å². The Kier molecular flexibility index (Phi) is 6.60. The molecule has 1 fully saturated rings. The molecule has 0 aliphatic carbocycles. The van der Waals surface area contributed by atoms with Crippen LogP contribution >= 0.6 is 11.8 Å². The number of non-ortho nitro benzene ring substituents is 1. The van der Waals surface area contributed by atoms with Crippen LogP contribution in [-0.2, 0) is 9.53 Å². The Labute approximate surface area is 198 Å². The maximum Gasteiger partial charge on any atom is 0.337 e. The van der Waals surface area contributed by atoms with Gasteiger partial charge in [0, 0.05) is 30.3 Å². The van der Waals surface area contributed by atoms with Crippen molar-refractivity contribution in [3.63, 3.8) is 0 Å². The molecule has 0 unspecified atom stereocenters. The number of nitrogens with zero attached hydrogens (tertiary/aromatic N) is 3. The van der Waals surface area contributed by atoms with Crippen molar-refractivity contribution in [3.05, 3.63) is 87.0 Å². The van der Waals surface area contributed by atoms with E-state index in [0.29, 0.717) is 45.0 Å². The lowest BCUT2D eigenvalue weighted by Gasteiger charge is -2.12. The maximum absolute atomic E-state index is 12.9. The van der Waals surface area contributed by atoms with Crippen molar-refractivity contribution in [2.24, 2.45) is 4.99 Å². The van der Waals surface area contributed by atoms with Gasteiger partial charge in [0.2, 0.25) is 0 Å². The molecule has 0 N–H and O–H groups in total. The molecule has 1 saturated heterocycles. The zero-order valence-corrected chi connectivity index (χ0v) is 19.1. The van der Waals surface area contributed by atoms with Gasteiger partial charge in [0.15, 0.2) is 5.17 Å². The van der Waals surface area contributed by atoms with Gasteiger partial charge in [0.1, 0.15) is 11.5 Å². The first-order valence-electron chi connectivity index (χ1n) is 10.2. The molecule has 9 nitrogen and oxygen atoms in total. The van der Waals surface area contributed by atoms with E-state index in [1.54, 1.807) is 59.5 Å². The summed E-state index contributed by atoms with van der Waals surface area (Å²) in [4.78, 5) is 41.4. The molecule has 0 saturated carbocycles. The van der Waals surface area contributed by atoms with E-state index >= 15 is 0 Å². The second kappa shape index (κ2) is 9.75. The van der Waals surface area contributed by atoms with Gasteiger partial charge in [0.05, 0.1) is 28.2 Å². The smallest absolute Gasteiger partial charge is 0.337 e. The van der Waals surface area contributed by atoms with Crippen molar-refractivity contribution < 1.29 is 23.7 Å². The number of likely N-dealkylation sites (N-methyl/N-ethyl adjacent to an activating group) is 1. The van der Waals surface area contributed by atoms with E-state index in [-0.39, 0.29) is 11.6 Å². The van der Waals surface area contributed by atoms with Crippen molar-refractivity contribution in [2.75, 3.05) is 13.7 Å². The number of hydrogen-bond acceptors (Lipinski definition) is 8. The number of methoxy groups -OCH3 is 1. The van der Waals surface area contributed by atoms with Crippen LogP contribution in [0.4, 0.5) is 11.4 Å². The third-order valence-corrected chi connectivity index (χ3v) is 5.99. The number of furan rings is 1. The number of nitro benzene ring substituents is 1. The highest BCUT2D eigenvalue weighted by atomic mass is 32.2. The number of carbonyl (C=O) groups excluding carboxylic acids is 2. The second-order valence-electron chi connectivity index (χ2n) is 7.10. The fraction of sp³-hybridized carbons (Fsp3) is 0.125. The van der Waals surface area contributed by atoms with Crippen molar-refractivity contribution in [2.45, 2.75) is 6.92 Å². The number of rotatable bonds is 6. The van der Waals surface area contributed by atoms with Crippen LogP contribution in [0, 0.1) is 10.1 Å². The molecule has 1 aromatic heterocycles. The number of thioether (sulfide) groups is 1. The predicted molar refractivity (Wildman–Crippen MR) is 129 cm³/mol. The summed E-state index contributed by atoms with van der Waals surface area (Å²) in [6, 6.07) is 16.1. The van der Waals surface area contributed by atoms with Crippen LogP contribution in [0.3, 0.4) is 0 Å². The highest BCUT2D eigenvalue weighted by molar-refractivity contribution is 8.18. The fourth-order valence-corrected chi connectivity index (χ4v) is 4.28. The van der Waals surface area contributed by atoms with Gasteiger partial charge < -0.3 is 9.15 Å². The van der Waals surface area contributed by atoms with Gasteiger partial charge in [-0.3, -0.25) is 19.8 Å².